The van der Waals surface area contributed by atoms with Gasteiger partial charge >= 0.3 is 12.0 Å². The molecule has 6 heteroatoms. The summed E-state index contributed by atoms with van der Waals surface area (Å²) < 4.78 is 0. The molecule has 19 heavy (non-hydrogen) atoms. The molecule has 2 unspecified atom stereocenters. The summed E-state index contributed by atoms with van der Waals surface area (Å²) in [6.45, 7) is 4.00. The first-order valence-corrected chi connectivity index (χ1v) is 6.94. The first-order chi connectivity index (χ1) is 8.99. The van der Waals surface area contributed by atoms with Crippen LogP contribution >= 0.6 is 0 Å². The van der Waals surface area contributed by atoms with Gasteiger partial charge in [0, 0.05) is 6.54 Å². The Kier molecular flexibility index (Phi) is 9.88. The monoisotopic (exact) mass is 274 g/mol. The Labute approximate surface area is 114 Å². The smallest absolute Gasteiger partial charge is 0.328 e. The zero-order valence-electron chi connectivity index (χ0n) is 11.8. The molecule has 0 radical (unpaired) electrons. The van der Waals surface area contributed by atoms with Crippen LogP contribution in [0, 0.1) is 0 Å². The van der Waals surface area contributed by atoms with Crippen molar-refractivity contribution in [3.8, 4) is 0 Å². The summed E-state index contributed by atoms with van der Waals surface area (Å²) >= 11 is 0. The van der Waals surface area contributed by atoms with Gasteiger partial charge in [0.2, 0.25) is 0 Å². The molecule has 0 heterocycles. The van der Waals surface area contributed by atoms with E-state index in [9.17, 15) is 14.7 Å². The van der Waals surface area contributed by atoms with Crippen LogP contribution in [0.1, 0.15) is 52.4 Å². The maximum absolute atomic E-state index is 11.4. The molecule has 0 aromatic heterocycles. The van der Waals surface area contributed by atoms with Gasteiger partial charge in [-0.25, -0.2) is 9.59 Å². The average Bonchev–Trinajstić information content (AvgIpc) is 2.34. The van der Waals surface area contributed by atoms with E-state index in [1.807, 2.05) is 0 Å². The number of carboxylic acid groups (broad SMARTS) is 1. The number of unbranched alkanes of at least 4 members (excludes halogenated alkanes) is 5. The largest absolute Gasteiger partial charge is 0.480 e. The van der Waals surface area contributed by atoms with Gasteiger partial charge in [-0.1, -0.05) is 39.0 Å². The van der Waals surface area contributed by atoms with Crippen LogP contribution in [-0.2, 0) is 4.79 Å². The summed E-state index contributed by atoms with van der Waals surface area (Å²) in [5, 5.41) is 22.8. The molecule has 0 rings (SSSR count). The second-order valence-electron chi connectivity index (χ2n) is 4.72. The third kappa shape index (κ3) is 9.30. The fourth-order valence-electron chi connectivity index (χ4n) is 1.69. The molecule has 0 fully saturated rings. The first kappa shape index (κ1) is 17.7. The topological polar surface area (TPSA) is 98.7 Å². The molecule has 0 aromatic rings. The number of nitrogens with one attached hydrogen (secondary N) is 2. The van der Waals surface area contributed by atoms with Crippen molar-refractivity contribution in [1.82, 2.24) is 10.6 Å². The number of amides is 2. The van der Waals surface area contributed by atoms with Gasteiger partial charge in [0.05, 0.1) is 6.10 Å². The molecule has 6 nitrogen and oxygen atoms in total. The molecule has 0 saturated carbocycles. The molecule has 0 aliphatic rings. The number of urea groups is 1. The molecular formula is C13H26N2O4. The Morgan fingerprint density at radius 1 is 1.11 bits per heavy atom. The van der Waals surface area contributed by atoms with E-state index in [0.29, 0.717) is 6.54 Å². The summed E-state index contributed by atoms with van der Waals surface area (Å²) in [4.78, 5) is 22.2. The van der Waals surface area contributed by atoms with Crippen molar-refractivity contribution in [2.45, 2.75) is 64.5 Å². The lowest BCUT2D eigenvalue weighted by atomic mass is 10.1. The van der Waals surface area contributed by atoms with Crippen LogP contribution in [0.15, 0.2) is 0 Å². The van der Waals surface area contributed by atoms with Crippen LogP contribution in [-0.4, -0.2) is 40.9 Å². The van der Waals surface area contributed by atoms with Gasteiger partial charge in [0.15, 0.2) is 6.04 Å². The molecule has 0 aromatic carbocycles. The second-order valence-corrected chi connectivity index (χ2v) is 4.72. The van der Waals surface area contributed by atoms with Crippen LogP contribution in [0.2, 0.25) is 0 Å². The molecule has 0 spiro atoms. The minimum atomic E-state index is -1.27. The third-order valence-corrected chi connectivity index (χ3v) is 2.85. The maximum atomic E-state index is 11.4. The second kappa shape index (κ2) is 10.6. The standard InChI is InChI=1S/C13H26N2O4/c1-3-4-5-6-7-8-9-14-13(19)15-11(10(2)16)12(17)18/h10-11,16H,3-9H2,1-2H3,(H,17,18)(H2,14,15,19). The minimum Gasteiger partial charge on any atom is -0.480 e. The lowest BCUT2D eigenvalue weighted by molar-refractivity contribution is -0.141. The summed E-state index contributed by atoms with van der Waals surface area (Å²) in [6.07, 6.45) is 5.62. The highest BCUT2D eigenvalue weighted by Gasteiger charge is 2.24. The lowest BCUT2D eigenvalue weighted by Crippen LogP contribution is -2.51. The quantitative estimate of drug-likeness (QED) is 0.453. The molecule has 0 bridgehead atoms. The molecule has 4 N–H and O–H groups in total. The van der Waals surface area contributed by atoms with Crippen molar-refractivity contribution >= 4 is 12.0 Å². The Bertz CT molecular complexity index is 269. The zero-order valence-corrected chi connectivity index (χ0v) is 11.8. The van der Waals surface area contributed by atoms with Gasteiger partial charge in [0.1, 0.15) is 0 Å². The molecule has 0 saturated heterocycles. The highest BCUT2D eigenvalue weighted by molar-refractivity contribution is 5.82. The number of aliphatic hydroxyl groups excluding tert-OH is 1. The van der Waals surface area contributed by atoms with Crippen LogP contribution < -0.4 is 10.6 Å². The number of hydrogen-bond donors (Lipinski definition) is 4. The van der Waals surface area contributed by atoms with E-state index in [4.69, 9.17) is 5.11 Å². The predicted octanol–water partition coefficient (Wildman–Crippen LogP) is 1.48. The van der Waals surface area contributed by atoms with E-state index < -0.39 is 24.1 Å². The van der Waals surface area contributed by atoms with Crippen molar-refractivity contribution in [2.24, 2.45) is 0 Å². The summed E-state index contributed by atoms with van der Waals surface area (Å²) in [5.74, 6) is -1.25. The first-order valence-electron chi connectivity index (χ1n) is 6.94. The molecule has 2 atom stereocenters. The van der Waals surface area contributed by atoms with Gasteiger partial charge in [-0.15, -0.1) is 0 Å². The van der Waals surface area contributed by atoms with Gasteiger partial charge in [-0.3, -0.25) is 0 Å². The van der Waals surface area contributed by atoms with E-state index in [-0.39, 0.29) is 0 Å². The van der Waals surface area contributed by atoms with E-state index >= 15 is 0 Å². The van der Waals surface area contributed by atoms with Gasteiger partial charge in [0.25, 0.3) is 0 Å². The number of aliphatic carboxylic acids is 1. The van der Waals surface area contributed by atoms with Crippen LogP contribution in [0.4, 0.5) is 4.79 Å². The van der Waals surface area contributed by atoms with E-state index in [0.717, 1.165) is 19.3 Å². The zero-order chi connectivity index (χ0) is 14.7. The average molecular weight is 274 g/mol. The van der Waals surface area contributed by atoms with E-state index in [2.05, 4.69) is 17.6 Å². The van der Waals surface area contributed by atoms with Crippen LogP contribution in [0.3, 0.4) is 0 Å². The lowest BCUT2D eigenvalue weighted by Gasteiger charge is -2.17. The fraction of sp³-hybridized carbons (Fsp3) is 0.846. The molecular weight excluding hydrogens is 248 g/mol. The highest BCUT2D eigenvalue weighted by atomic mass is 16.4. The Balaban J connectivity index is 3.66. The fourth-order valence-corrected chi connectivity index (χ4v) is 1.69. The maximum Gasteiger partial charge on any atom is 0.328 e. The van der Waals surface area contributed by atoms with E-state index in [1.54, 1.807) is 0 Å². The van der Waals surface area contributed by atoms with Gasteiger partial charge in [-0.2, -0.15) is 0 Å². The van der Waals surface area contributed by atoms with E-state index in [1.165, 1.54) is 26.2 Å². The highest BCUT2D eigenvalue weighted by Crippen LogP contribution is 2.04. The van der Waals surface area contributed by atoms with Gasteiger partial charge in [-0.05, 0) is 13.3 Å². The molecule has 2 amide bonds. The number of carbonyl (C=O) groups is 2. The summed E-state index contributed by atoms with van der Waals surface area (Å²) in [6, 6.07) is -1.83. The Hall–Kier alpha value is -1.30. The Morgan fingerprint density at radius 2 is 1.68 bits per heavy atom. The summed E-state index contributed by atoms with van der Waals surface area (Å²) in [5.41, 5.74) is 0. The molecule has 112 valence electrons. The summed E-state index contributed by atoms with van der Waals surface area (Å²) in [7, 11) is 0. The van der Waals surface area contributed by atoms with Crippen molar-refractivity contribution < 1.29 is 19.8 Å². The number of hydrogen-bond acceptors (Lipinski definition) is 3. The normalized spacial score (nSPS) is 13.6. The van der Waals surface area contributed by atoms with Crippen molar-refractivity contribution in [3.05, 3.63) is 0 Å². The van der Waals surface area contributed by atoms with Crippen molar-refractivity contribution in [1.29, 1.82) is 0 Å². The van der Waals surface area contributed by atoms with Crippen LogP contribution in [0.25, 0.3) is 0 Å². The molecule has 0 aliphatic heterocycles. The van der Waals surface area contributed by atoms with Crippen molar-refractivity contribution in [3.63, 3.8) is 0 Å². The Morgan fingerprint density at radius 3 is 2.21 bits per heavy atom. The van der Waals surface area contributed by atoms with Crippen LogP contribution in [0.5, 0.6) is 0 Å². The van der Waals surface area contributed by atoms with Crippen molar-refractivity contribution in [2.75, 3.05) is 6.54 Å². The minimum absolute atomic E-state index is 0.518. The number of carboxylic acids is 1. The number of carbonyl (C=O) groups excluding carboxylic acids is 1. The predicted molar refractivity (Wildman–Crippen MR) is 73.0 cm³/mol. The SMILES string of the molecule is CCCCCCCCNC(=O)NC(C(=O)O)C(C)O. The number of aliphatic hydroxyl groups is 1. The third-order valence-electron chi connectivity index (χ3n) is 2.85. The molecule has 0 aliphatic carbocycles. The van der Waals surface area contributed by atoms with Gasteiger partial charge < -0.3 is 20.8 Å². The number of rotatable bonds is 10.